The van der Waals surface area contributed by atoms with Crippen LogP contribution in [-0.4, -0.2) is 35.6 Å². The quantitative estimate of drug-likeness (QED) is 0.478. The van der Waals surface area contributed by atoms with Gasteiger partial charge >= 0.3 is 5.97 Å². The molecule has 0 bridgehead atoms. The second-order valence-electron chi connectivity index (χ2n) is 6.07. The molecule has 1 aromatic carbocycles. The molecule has 1 atom stereocenters. The Morgan fingerprint density at radius 1 is 1.16 bits per heavy atom. The van der Waals surface area contributed by atoms with Gasteiger partial charge < -0.3 is 9.64 Å². The molecule has 1 aliphatic heterocycles. The SMILES string of the molecule is CC(=O)c1ccc(OC(=O)[C@H]2CCCN(C(=O)c3cccs3)C2)cc1. The minimum Gasteiger partial charge on any atom is -0.426 e. The summed E-state index contributed by atoms with van der Waals surface area (Å²) in [4.78, 5) is 38.5. The first-order valence-corrected chi connectivity index (χ1v) is 9.08. The van der Waals surface area contributed by atoms with E-state index >= 15 is 0 Å². The van der Waals surface area contributed by atoms with Crippen LogP contribution in [0, 0.1) is 5.92 Å². The largest absolute Gasteiger partial charge is 0.426 e. The number of benzene rings is 1. The van der Waals surface area contributed by atoms with Crippen molar-refractivity contribution in [3.05, 3.63) is 52.2 Å². The van der Waals surface area contributed by atoms with Crippen LogP contribution in [0.1, 0.15) is 39.8 Å². The molecule has 1 amide bonds. The summed E-state index contributed by atoms with van der Waals surface area (Å²) in [6.45, 7) is 2.52. The molecule has 0 aliphatic carbocycles. The number of rotatable bonds is 4. The van der Waals surface area contributed by atoms with Crippen molar-refractivity contribution in [1.29, 1.82) is 0 Å². The number of hydrogen-bond donors (Lipinski definition) is 0. The van der Waals surface area contributed by atoms with Crippen LogP contribution in [0.3, 0.4) is 0 Å². The molecule has 3 rings (SSSR count). The normalized spacial score (nSPS) is 17.2. The number of amides is 1. The van der Waals surface area contributed by atoms with E-state index in [2.05, 4.69) is 0 Å². The van der Waals surface area contributed by atoms with Crippen LogP contribution in [0.5, 0.6) is 5.75 Å². The highest BCUT2D eigenvalue weighted by Crippen LogP contribution is 2.23. The zero-order chi connectivity index (χ0) is 17.8. The third-order valence-corrected chi connectivity index (χ3v) is 5.11. The highest BCUT2D eigenvalue weighted by Gasteiger charge is 2.30. The molecule has 2 aromatic rings. The molecule has 5 nitrogen and oxygen atoms in total. The maximum absolute atomic E-state index is 12.4. The van der Waals surface area contributed by atoms with E-state index in [-0.39, 0.29) is 23.6 Å². The fraction of sp³-hybridized carbons (Fsp3) is 0.316. The molecule has 0 spiro atoms. The van der Waals surface area contributed by atoms with Crippen LogP contribution in [0.15, 0.2) is 41.8 Å². The molecule has 1 aliphatic rings. The zero-order valence-electron chi connectivity index (χ0n) is 13.9. The number of carbonyl (C=O) groups excluding carboxylic acids is 3. The lowest BCUT2D eigenvalue weighted by Crippen LogP contribution is -2.43. The van der Waals surface area contributed by atoms with Gasteiger partial charge in [-0.25, -0.2) is 0 Å². The Kier molecular flexibility index (Phi) is 5.28. The average molecular weight is 357 g/mol. The molecule has 1 aromatic heterocycles. The topological polar surface area (TPSA) is 63.7 Å². The summed E-state index contributed by atoms with van der Waals surface area (Å²) >= 11 is 1.41. The first-order chi connectivity index (χ1) is 12.0. The van der Waals surface area contributed by atoms with Crippen molar-refractivity contribution >= 4 is 29.0 Å². The van der Waals surface area contributed by atoms with Crippen molar-refractivity contribution in [2.45, 2.75) is 19.8 Å². The first-order valence-electron chi connectivity index (χ1n) is 8.20. The van der Waals surface area contributed by atoms with Gasteiger partial charge in [0.05, 0.1) is 10.8 Å². The number of carbonyl (C=O) groups is 3. The lowest BCUT2D eigenvalue weighted by atomic mass is 9.98. The van der Waals surface area contributed by atoms with Crippen molar-refractivity contribution < 1.29 is 19.1 Å². The number of hydrogen-bond acceptors (Lipinski definition) is 5. The minimum atomic E-state index is -0.334. The standard InChI is InChI=1S/C19H19NO4S/c1-13(21)14-6-8-16(9-7-14)24-19(23)15-4-2-10-20(12-15)18(22)17-5-3-11-25-17/h3,5-9,11,15H,2,4,10,12H2,1H3/t15-/m0/s1. The highest BCUT2D eigenvalue weighted by atomic mass is 32.1. The van der Waals surface area contributed by atoms with Crippen LogP contribution in [0.4, 0.5) is 0 Å². The summed E-state index contributed by atoms with van der Waals surface area (Å²) in [5, 5.41) is 1.87. The van der Waals surface area contributed by atoms with Gasteiger partial charge in [0.1, 0.15) is 5.75 Å². The number of ether oxygens (including phenoxy) is 1. The van der Waals surface area contributed by atoms with Crippen LogP contribution in [-0.2, 0) is 4.79 Å². The van der Waals surface area contributed by atoms with Crippen molar-refractivity contribution in [3.8, 4) is 5.75 Å². The first kappa shape index (κ1) is 17.4. The fourth-order valence-electron chi connectivity index (χ4n) is 2.87. The Hall–Kier alpha value is -2.47. The molecule has 6 heteroatoms. The van der Waals surface area contributed by atoms with Gasteiger partial charge in [0.15, 0.2) is 5.78 Å². The van der Waals surface area contributed by atoms with Gasteiger partial charge in [0.25, 0.3) is 5.91 Å². The van der Waals surface area contributed by atoms with Crippen molar-refractivity contribution in [2.24, 2.45) is 5.92 Å². The van der Waals surface area contributed by atoms with E-state index in [1.807, 2.05) is 11.4 Å². The summed E-state index contributed by atoms with van der Waals surface area (Å²) in [5.41, 5.74) is 0.574. The van der Waals surface area contributed by atoms with Gasteiger partial charge in [-0.05, 0) is 55.5 Å². The summed E-state index contributed by atoms with van der Waals surface area (Å²) < 4.78 is 5.42. The molecule has 0 N–H and O–H groups in total. The van der Waals surface area contributed by atoms with Gasteiger partial charge in [-0.15, -0.1) is 11.3 Å². The smallest absolute Gasteiger partial charge is 0.316 e. The van der Waals surface area contributed by atoms with E-state index in [4.69, 9.17) is 4.74 Å². The summed E-state index contributed by atoms with van der Waals surface area (Å²) in [6.07, 6.45) is 1.48. The van der Waals surface area contributed by atoms with E-state index in [9.17, 15) is 14.4 Å². The second kappa shape index (κ2) is 7.61. The molecule has 25 heavy (non-hydrogen) atoms. The Morgan fingerprint density at radius 2 is 1.92 bits per heavy atom. The Bertz CT molecular complexity index is 767. The fourth-order valence-corrected chi connectivity index (χ4v) is 3.56. The van der Waals surface area contributed by atoms with Crippen molar-refractivity contribution in [1.82, 2.24) is 4.90 Å². The molecule has 2 heterocycles. The number of thiophene rings is 1. The van der Waals surface area contributed by atoms with Gasteiger partial charge in [-0.1, -0.05) is 6.07 Å². The van der Waals surface area contributed by atoms with E-state index in [0.717, 1.165) is 6.42 Å². The van der Waals surface area contributed by atoms with E-state index < -0.39 is 0 Å². The van der Waals surface area contributed by atoms with Gasteiger partial charge in [0, 0.05) is 18.7 Å². The lowest BCUT2D eigenvalue weighted by Gasteiger charge is -2.31. The van der Waals surface area contributed by atoms with Crippen LogP contribution in [0.2, 0.25) is 0 Å². The number of likely N-dealkylation sites (tertiary alicyclic amines) is 1. The highest BCUT2D eigenvalue weighted by molar-refractivity contribution is 7.12. The number of piperidine rings is 1. The van der Waals surface area contributed by atoms with Crippen LogP contribution >= 0.6 is 11.3 Å². The monoisotopic (exact) mass is 357 g/mol. The Morgan fingerprint density at radius 3 is 2.56 bits per heavy atom. The van der Waals surface area contributed by atoms with E-state index in [0.29, 0.717) is 35.7 Å². The molecule has 1 fully saturated rings. The summed E-state index contributed by atoms with van der Waals surface area (Å²) in [6, 6.07) is 10.2. The Labute approximate surface area is 150 Å². The number of esters is 1. The van der Waals surface area contributed by atoms with Gasteiger partial charge in [-0.3, -0.25) is 14.4 Å². The molecule has 0 unspecified atom stereocenters. The molecule has 0 radical (unpaired) electrons. The Balaban J connectivity index is 1.61. The maximum Gasteiger partial charge on any atom is 0.316 e. The van der Waals surface area contributed by atoms with E-state index in [1.165, 1.54) is 18.3 Å². The zero-order valence-corrected chi connectivity index (χ0v) is 14.8. The van der Waals surface area contributed by atoms with Gasteiger partial charge in [-0.2, -0.15) is 0 Å². The molecule has 1 saturated heterocycles. The number of nitrogens with zero attached hydrogens (tertiary/aromatic N) is 1. The molecular weight excluding hydrogens is 338 g/mol. The second-order valence-corrected chi connectivity index (χ2v) is 7.02. The van der Waals surface area contributed by atoms with Crippen LogP contribution < -0.4 is 4.74 Å². The molecule has 0 saturated carbocycles. The van der Waals surface area contributed by atoms with Crippen molar-refractivity contribution in [3.63, 3.8) is 0 Å². The predicted molar refractivity (Wildman–Crippen MR) is 95.0 cm³/mol. The number of Topliss-reactive ketones (excluding diaryl/α,β-unsaturated/α-hetero) is 1. The number of ketones is 1. The third kappa shape index (κ3) is 4.14. The molecule has 130 valence electrons. The van der Waals surface area contributed by atoms with Crippen LogP contribution in [0.25, 0.3) is 0 Å². The van der Waals surface area contributed by atoms with E-state index in [1.54, 1.807) is 35.2 Å². The molecular formula is C19H19NO4S. The summed E-state index contributed by atoms with van der Waals surface area (Å²) in [7, 11) is 0. The van der Waals surface area contributed by atoms with Gasteiger partial charge in [0.2, 0.25) is 0 Å². The minimum absolute atomic E-state index is 0.0293. The lowest BCUT2D eigenvalue weighted by molar-refractivity contribution is -0.140. The third-order valence-electron chi connectivity index (χ3n) is 4.25. The summed E-state index contributed by atoms with van der Waals surface area (Å²) in [5.74, 6) is -0.313. The van der Waals surface area contributed by atoms with Crippen molar-refractivity contribution in [2.75, 3.05) is 13.1 Å². The predicted octanol–water partition coefficient (Wildman–Crippen LogP) is 3.41. The maximum atomic E-state index is 12.4. The average Bonchev–Trinajstić information content (AvgIpc) is 3.16.